The molecule has 4 amide bonds. The van der Waals surface area contributed by atoms with Crippen LogP contribution in [0.25, 0.3) is 0 Å². The van der Waals surface area contributed by atoms with Crippen molar-refractivity contribution in [3.63, 3.8) is 0 Å². The van der Waals surface area contributed by atoms with E-state index in [1.54, 1.807) is 6.92 Å². The van der Waals surface area contributed by atoms with Gasteiger partial charge in [-0.05, 0) is 94.5 Å². The van der Waals surface area contributed by atoms with Gasteiger partial charge in [-0.25, -0.2) is 0 Å². The molecule has 2 aliphatic heterocycles. The van der Waals surface area contributed by atoms with E-state index in [9.17, 15) is 24.0 Å². The first-order valence-electron chi connectivity index (χ1n) is 20.0. The lowest BCUT2D eigenvalue weighted by Crippen LogP contribution is -2.59. The average molecular weight is 746 g/mol. The van der Waals surface area contributed by atoms with Gasteiger partial charge in [-0.15, -0.1) is 0 Å². The summed E-state index contributed by atoms with van der Waals surface area (Å²) in [7, 11) is 0. The van der Waals surface area contributed by atoms with E-state index < -0.39 is 47.5 Å². The summed E-state index contributed by atoms with van der Waals surface area (Å²) >= 11 is 0. The molecule has 2 aromatic rings. The third kappa shape index (κ3) is 14.3. The molecule has 2 aromatic carbocycles. The lowest BCUT2D eigenvalue weighted by molar-refractivity contribution is -0.135. The number of Topliss-reactive ketones (excluding diaryl/α,β-unsaturated/α-hetero) is 1. The zero-order valence-corrected chi connectivity index (χ0v) is 33.0. The SMILES string of the molecule is CC(C)CC(NC(=O)[C@H](Cc1ccccc1)NC(=O)[C@H](CC(C)C)NC(=O)[C@H](CCc1ccccc1)NC(=O)CCCN1CCCCC1)C(=O)[C@@]1(C)CO1. The molecule has 0 aliphatic carbocycles. The number of rotatable bonds is 22. The Hall–Kier alpha value is -4.09. The number of carbonyl (C=O) groups is 5. The predicted octanol–water partition coefficient (Wildman–Crippen LogP) is 4.52. The van der Waals surface area contributed by atoms with Crippen molar-refractivity contribution in [1.29, 1.82) is 0 Å². The second kappa shape index (κ2) is 21.1. The van der Waals surface area contributed by atoms with Crippen molar-refractivity contribution in [2.45, 2.75) is 129 Å². The topological polar surface area (TPSA) is 149 Å². The third-order valence-corrected chi connectivity index (χ3v) is 10.2. The van der Waals surface area contributed by atoms with Gasteiger partial charge in [-0.3, -0.25) is 24.0 Å². The number of hydrogen-bond acceptors (Lipinski definition) is 7. The molecule has 0 aromatic heterocycles. The van der Waals surface area contributed by atoms with Crippen molar-refractivity contribution in [1.82, 2.24) is 26.2 Å². The lowest BCUT2D eigenvalue weighted by Gasteiger charge is -2.28. The number of benzene rings is 2. The van der Waals surface area contributed by atoms with Crippen molar-refractivity contribution in [3.05, 3.63) is 71.8 Å². The number of carbonyl (C=O) groups excluding carboxylic acids is 5. The molecular weight excluding hydrogens is 683 g/mol. The van der Waals surface area contributed by atoms with Crippen molar-refractivity contribution in [2.24, 2.45) is 11.8 Å². The van der Waals surface area contributed by atoms with Crippen LogP contribution in [0.5, 0.6) is 0 Å². The number of nitrogens with zero attached hydrogens (tertiary/aromatic N) is 1. The van der Waals surface area contributed by atoms with E-state index in [4.69, 9.17) is 4.74 Å². The van der Waals surface area contributed by atoms with Crippen LogP contribution in [0.2, 0.25) is 0 Å². The van der Waals surface area contributed by atoms with Gasteiger partial charge in [-0.2, -0.15) is 0 Å². The third-order valence-electron chi connectivity index (χ3n) is 10.2. The van der Waals surface area contributed by atoms with E-state index in [0.29, 0.717) is 45.1 Å². The van der Waals surface area contributed by atoms with Gasteiger partial charge in [0.25, 0.3) is 0 Å². The highest BCUT2D eigenvalue weighted by atomic mass is 16.6. The summed E-state index contributed by atoms with van der Waals surface area (Å²) in [5, 5.41) is 11.8. The molecule has 296 valence electrons. The minimum absolute atomic E-state index is 0.0296. The molecule has 2 aliphatic rings. The Morgan fingerprint density at radius 1 is 0.685 bits per heavy atom. The number of likely N-dealkylation sites (tertiary alicyclic amines) is 1. The molecule has 2 saturated heterocycles. The van der Waals surface area contributed by atoms with Gasteiger partial charge in [0, 0.05) is 12.8 Å². The molecule has 11 heteroatoms. The summed E-state index contributed by atoms with van der Waals surface area (Å²) in [5.74, 6) is -1.66. The van der Waals surface area contributed by atoms with E-state index in [-0.39, 0.29) is 29.9 Å². The van der Waals surface area contributed by atoms with Crippen molar-refractivity contribution in [3.8, 4) is 0 Å². The average Bonchev–Trinajstić information content (AvgIpc) is 3.91. The van der Waals surface area contributed by atoms with Gasteiger partial charge < -0.3 is 30.9 Å². The fourth-order valence-electron chi connectivity index (χ4n) is 7.04. The Morgan fingerprint density at radius 2 is 1.20 bits per heavy atom. The monoisotopic (exact) mass is 745 g/mol. The molecule has 5 atom stereocenters. The number of aryl methyl sites for hydroxylation is 1. The summed E-state index contributed by atoms with van der Waals surface area (Å²) < 4.78 is 5.42. The number of amides is 4. The van der Waals surface area contributed by atoms with E-state index in [2.05, 4.69) is 26.2 Å². The van der Waals surface area contributed by atoms with Crippen molar-refractivity contribution in [2.75, 3.05) is 26.2 Å². The quantitative estimate of drug-likeness (QED) is 0.130. The first-order chi connectivity index (χ1) is 25.8. The first-order valence-corrected chi connectivity index (χ1v) is 20.0. The van der Waals surface area contributed by atoms with Crippen LogP contribution in [0.15, 0.2) is 60.7 Å². The Labute approximate surface area is 322 Å². The number of epoxide rings is 1. The van der Waals surface area contributed by atoms with E-state index in [1.807, 2.05) is 88.4 Å². The maximum Gasteiger partial charge on any atom is 0.243 e. The Bertz CT molecular complexity index is 1510. The van der Waals surface area contributed by atoms with Crippen LogP contribution in [-0.4, -0.2) is 90.3 Å². The molecule has 1 unspecified atom stereocenters. The second-order valence-electron chi connectivity index (χ2n) is 16.2. The summed E-state index contributed by atoms with van der Waals surface area (Å²) in [6.45, 7) is 12.9. The van der Waals surface area contributed by atoms with Gasteiger partial charge >= 0.3 is 0 Å². The van der Waals surface area contributed by atoms with Crippen LogP contribution >= 0.6 is 0 Å². The largest absolute Gasteiger partial charge is 0.361 e. The van der Waals surface area contributed by atoms with Crippen LogP contribution in [0.4, 0.5) is 0 Å². The molecule has 2 heterocycles. The van der Waals surface area contributed by atoms with Crippen LogP contribution < -0.4 is 21.3 Å². The Morgan fingerprint density at radius 3 is 1.80 bits per heavy atom. The molecular formula is C43H63N5O6. The Kier molecular flexibility index (Phi) is 16.7. The van der Waals surface area contributed by atoms with Crippen molar-refractivity contribution >= 4 is 29.4 Å². The van der Waals surface area contributed by atoms with Crippen LogP contribution in [0.1, 0.15) is 97.1 Å². The minimum Gasteiger partial charge on any atom is -0.361 e. The highest BCUT2D eigenvalue weighted by molar-refractivity contribution is 5.98. The van der Waals surface area contributed by atoms with E-state index in [1.165, 1.54) is 19.3 Å². The van der Waals surface area contributed by atoms with Gasteiger partial charge in [0.2, 0.25) is 23.6 Å². The van der Waals surface area contributed by atoms with Gasteiger partial charge in [0.15, 0.2) is 5.78 Å². The summed E-state index contributed by atoms with van der Waals surface area (Å²) in [6.07, 6.45) is 6.48. The second-order valence-corrected chi connectivity index (χ2v) is 16.2. The van der Waals surface area contributed by atoms with Crippen LogP contribution in [-0.2, 0) is 41.6 Å². The van der Waals surface area contributed by atoms with Gasteiger partial charge in [0.1, 0.15) is 23.7 Å². The molecule has 54 heavy (non-hydrogen) atoms. The van der Waals surface area contributed by atoms with Gasteiger partial charge in [0.05, 0.1) is 12.6 Å². The molecule has 0 bridgehead atoms. The zero-order valence-electron chi connectivity index (χ0n) is 33.0. The zero-order chi connectivity index (χ0) is 39.1. The van der Waals surface area contributed by atoms with Crippen molar-refractivity contribution < 1.29 is 28.7 Å². The molecule has 2 fully saturated rings. The fourth-order valence-corrected chi connectivity index (χ4v) is 7.04. The maximum absolute atomic E-state index is 14.1. The first kappa shape index (κ1) is 42.6. The molecule has 0 spiro atoms. The number of ketones is 1. The number of piperidine rings is 1. The normalized spacial score (nSPS) is 19.3. The number of hydrogen-bond donors (Lipinski definition) is 4. The highest BCUT2D eigenvalue weighted by Gasteiger charge is 2.50. The molecule has 0 radical (unpaired) electrons. The maximum atomic E-state index is 14.1. The van der Waals surface area contributed by atoms with E-state index in [0.717, 1.165) is 30.8 Å². The smallest absolute Gasteiger partial charge is 0.243 e. The summed E-state index contributed by atoms with van der Waals surface area (Å²) in [4.78, 5) is 71.1. The Balaban J connectivity index is 1.48. The fraction of sp³-hybridized carbons (Fsp3) is 0.605. The van der Waals surface area contributed by atoms with Crippen LogP contribution in [0, 0.1) is 11.8 Å². The summed E-state index contributed by atoms with van der Waals surface area (Å²) in [5.41, 5.74) is 0.949. The predicted molar refractivity (Wildman–Crippen MR) is 210 cm³/mol. The highest BCUT2D eigenvalue weighted by Crippen LogP contribution is 2.29. The van der Waals surface area contributed by atoms with E-state index >= 15 is 0 Å². The van der Waals surface area contributed by atoms with Gasteiger partial charge in [-0.1, -0.05) is 94.8 Å². The molecule has 4 N–H and O–H groups in total. The van der Waals surface area contributed by atoms with Crippen LogP contribution in [0.3, 0.4) is 0 Å². The number of ether oxygens (including phenoxy) is 1. The minimum atomic E-state index is -1.02. The molecule has 11 nitrogen and oxygen atoms in total. The number of nitrogens with one attached hydrogen (secondary N) is 4. The standard InChI is InChI=1S/C43H63N5O6/c1-30(2)26-35(39(50)43(5)29-54-43)45-42(53)37(28-33-18-11-7-12-19-33)47-41(52)36(27-31(3)4)46-40(51)34(22-21-32-16-9-6-10-17-32)44-38(49)20-15-25-48-23-13-8-14-24-48/h6-7,9-12,16-19,30-31,34-37H,8,13-15,20-29H2,1-5H3,(H,44,49)(H,45,53)(H,46,51)(H,47,52)/t34-,35?,36-,37-,43+/m0/s1. The molecule has 4 rings (SSSR count). The molecule has 0 saturated carbocycles. The summed E-state index contributed by atoms with van der Waals surface area (Å²) in [6, 6.07) is 15.5. The lowest BCUT2D eigenvalue weighted by atomic mass is 9.93.